The average molecular weight is 324 g/mol. The number of aromatic nitrogens is 2. The summed E-state index contributed by atoms with van der Waals surface area (Å²) in [5, 5.41) is 11.4. The highest BCUT2D eigenvalue weighted by atomic mass is 35.5. The number of halogens is 1. The monoisotopic (exact) mass is 323 g/mol. The molecule has 1 aromatic heterocycles. The molecule has 4 nitrogen and oxygen atoms in total. The second-order valence-corrected chi connectivity index (χ2v) is 6.77. The van der Waals surface area contributed by atoms with Gasteiger partial charge in [0.25, 0.3) is 0 Å². The number of anilines is 1. The molecule has 2 heterocycles. The molecule has 1 aromatic carbocycles. The maximum absolute atomic E-state index is 5.91. The summed E-state index contributed by atoms with van der Waals surface area (Å²) in [5.74, 6) is 0. The molecular weight excluding hydrogens is 306 g/mol. The predicted molar refractivity (Wildman–Crippen MR) is 86.4 cm³/mol. The molecule has 1 aliphatic heterocycles. The Hall–Kier alpha value is -1.17. The van der Waals surface area contributed by atoms with Crippen molar-refractivity contribution in [1.29, 1.82) is 0 Å². The van der Waals surface area contributed by atoms with E-state index in [1.807, 2.05) is 24.3 Å². The van der Waals surface area contributed by atoms with E-state index in [1.165, 1.54) is 5.56 Å². The van der Waals surface area contributed by atoms with Crippen LogP contribution in [0.15, 0.2) is 24.3 Å². The highest BCUT2D eigenvalue weighted by Crippen LogP contribution is 2.27. The molecule has 0 bridgehead atoms. The van der Waals surface area contributed by atoms with Crippen LogP contribution in [0.3, 0.4) is 0 Å². The van der Waals surface area contributed by atoms with Crippen LogP contribution in [0.2, 0.25) is 5.02 Å². The van der Waals surface area contributed by atoms with E-state index in [-0.39, 0.29) is 6.10 Å². The first-order valence-electron chi connectivity index (χ1n) is 7.08. The third-order valence-electron chi connectivity index (χ3n) is 3.85. The third kappa shape index (κ3) is 3.36. The maximum Gasteiger partial charge on any atom is 0.208 e. The van der Waals surface area contributed by atoms with Gasteiger partial charge in [0.15, 0.2) is 0 Å². The SMILES string of the molecule is CC1OCCN(c2nnc(Cc3ccc(Cl)cc3)s2)C1C. The van der Waals surface area contributed by atoms with E-state index in [0.717, 1.165) is 34.7 Å². The van der Waals surface area contributed by atoms with Crippen LogP contribution in [-0.4, -0.2) is 35.5 Å². The summed E-state index contributed by atoms with van der Waals surface area (Å²) < 4.78 is 5.66. The number of hydrogen-bond acceptors (Lipinski definition) is 5. The van der Waals surface area contributed by atoms with Crippen molar-refractivity contribution in [1.82, 2.24) is 10.2 Å². The number of rotatable bonds is 3. The standard InChI is InChI=1S/C15H18ClN3OS/c1-10-11(2)20-8-7-19(10)15-18-17-14(21-15)9-12-3-5-13(16)6-4-12/h3-6,10-11H,7-9H2,1-2H3. The van der Waals surface area contributed by atoms with Crippen LogP contribution in [0.4, 0.5) is 5.13 Å². The molecule has 1 fully saturated rings. The molecular formula is C15H18ClN3OS. The van der Waals surface area contributed by atoms with Crippen LogP contribution in [0.1, 0.15) is 24.4 Å². The Kier molecular flexibility index (Phi) is 4.42. The van der Waals surface area contributed by atoms with Gasteiger partial charge in [-0.15, -0.1) is 10.2 Å². The second kappa shape index (κ2) is 6.30. The van der Waals surface area contributed by atoms with Gasteiger partial charge in [-0.1, -0.05) is 35.1 Å². The summed E-state index contributed by atoms with van der Waals surface area (Å²) >= 11 is 7.57. The van der Waals surface area contributed by atoms with E-state index in [2.05, 4.69) is 28.9 Å². The summed E-state index contributed by atoms with van der Waals surface area (Å²) in [4.78, 5) is 2.29. The molecule has 2 aromatic rings. The van der Waals surface area contributed by atoms with Gasteiger partial charge < -0.3 is 9.64 Å². The molecule has 0 aliphatic carbocycles. The van der Waals surface area contributed by atoms with Crippen molar-refractivity contribution < 1.29 is 4.74 Å². The van der Waals surface area contributed by atoms with Crippen molar-refractivity contribution in [2.45, 2.75) is 32.4 Å². The third-order valence-corrected chi connectivity index (χ3v) is 5.07. The number of ether oxygens (including phenoxy) is 1. The van der Waals surface area contributed by atoms with E-state index >= 15 is 0 Å². The first-order chi connectivity index (χ1) is 10.1. The van der Waals surface area contributed by atoms with Gasteiger partial charge in [0.1, 0.15) is 5.01 Å². The normalized spacial score (nSPS) is 22.5. The van der Waals surface area contributed by atoms with Gasteiger partial charge in [0.05, 0.1) is 18.8 Å². The fraction of sp³-hybridized carbons (Fsp3) is 0.467. The molecule has 0 spiro atoms. The number of hydrogen-bond donors (Lipinski definition) is 0. The van der Waals surface area contributed by atoms with Crippen LogP contribution in [0.25, 0.3) is 0 Å². The molecule has 3 rings (SSSR count). The van der Waals surface area contributed by atoms with Crippen molar-refractivity contribution in [2.75, 3.05) is 18.1 Å². The minimum atomic E-state index is 0.224. The van der Waals surface area contributed by atoms with Crippen molar-refractivity contribution in [3.63, 3.8) is 0 Å². The Balaban J connectivity index is 1.72. The molecule has 1 saturated heterocycles. The smallest absolute Gasteiger partial charge is 0.208 e. The Labute approximate surface area is 133 Å². The van der Waals surface area contributed by atoms with Crippen molar-refractivity contribution >= 4 is 28.1 Å². The zero-order valence-electron chi connectivity index (χ0n) is 12.1. The van der Waals surface area contributed by atoms with E-state index in [9.17, 15) is 0 Å². The lowest BCUT2D eigenvalue weighted by Gasteiger charge is -2.37. The molecule has 2 unspecified atom stereocenters. The quantitative estimate of drug-likeness (QED) is 0.867. The Morgan fingerprint density at radius 2 is 2.05 bits per heavy atom. The second-order valence-electron chi connectivity index (χ2n) is 5.29. The van der Waals surface area contributed by atoms with E-state index in [4.69, 9.17) is 16.3 Å². The molecule has 0 radical (unpaired) electrons. The number of benzene rings is 1. The van der Waals surface area contributed by atoms with Crippen LogP contribution in [0, 0.1) is 0 Å². The minimum absolute atomic E-state index is 0.224. The largest absolute Gasteiger partial charge is 0.375 e. The van der Waals surface area contributed by atoms with Crippen LogP contribution >= 0.6 is 22.9 Å². The summed E-state index contributed by atoms with van der Waals surface area (Å²) in [5.41, 5.74) is 1.20. The molecule has 0 N–H and O–H groups in total. The lowest BCUT2D eigenvalue weighted by molar-refractivity contribution is 0.0284. The molecule has 1 aliphatic rings. The Bertz CT molecular complexity index is 601. The van der Waals surface area contributed by atoms with Gasteiger partial charge in [0.2, 0.25) is 5.13 Å². The van der Waals surface area contributed by atoms with Gasteiger partial charge in [0, 0.05) is 18.0 Å². The Morgan fingerprint density at radius 1 is 1.29 bits per heavy atom. The zero-order valence-corrected chi connectivity index (χ0v) is 13.7. The first kappa shape index (κ1) is 14.8. The van der Waals surface area contributed by atoms with Crippen LogP contribution in [-0.2, 0) is 11.2 Å². The summed E-state index contributed by atoms with van der Waals surface area (Å²) in [7, 11) is 0. The summed E-state index contributed by atoms with van der Waals surface area (Å²) in [6.45, 7) is 5.90. The van der Waals surface area contributed by atoms with Crippen molar-refractivity contribution in [3.05, 3.63) is 39.9 Å². The van der Waals surface area contributed by atoms with Gasteiger partial charge in [-0.05, 0) is 31.5 Å². The van der Waals surface area contributed by atoms with Crippen molar-refractivity contribution in [3.8, 4) is 0 Å². The van der Waals surface area contributed by atoms with Gasteiger partial charge in [-0.2, -0.15) is 0 Å². The lowest BCUT2D eigenvalue weighted by atomic mass is 10.1. The summed E-state index contributed by atoms with van der Waals surface area (Å²) in [6.07, 6.45) is 1.02. The van der Waals surface area contributed by atoms with Gasteiger partial charge >= 0.3 is 0 Å². The number of nitrogens with zero attached hydrogens (tertiary/aromatic N) is 3. The van der Waals surface area contributed by atoms with Crippen LogP contribution in [0.5, 0.6) is 0 Å². The molecule has 2 atom stereocenters. The maximum atomic E-state index is 5.91. The minimum Gasteiger partial charge on any atom is -0.375 e. The topological polar surface area (TPSA) is 38.2 Å². The molecule has 21 heavy (non-hydrogen) atoms. The fourth-order valence-electron chi connectivity index (χ4n) is 2.41. The first-order valence-corrected chi connectivity index (χ1v) is 8.28. The van der Waals surface area contributed by atoms with Gasteiger partial charge in [-0.25, -0.2) is 0 Å². The molecule has 112 valence electrons. The number of morpholine rings is 1. The van der Waals surface area contributed by atoms with Gasteiger partial charge in [-0.3, -0.25) is 0 Å². The Morgan fingerprint density at radius 3 is 2.81 bits per heavy atom. The highest BCUT2D eigenvalue weighted by molar-refractivity contribution is 7.15. The van der Waals surface area contributed by atoms with Crippen molar-refractivity contribution in [2.24, 2.45) is 0 Å². The molecule has 6 heteroatoms. The summed E-state index contributed by atoms with van der Waals surface area (Å²) in [6, 6.07) is 8.20. The van der Waals surface area contributed by atoms with E-state index < -0.39 is 0 Å². The van der Waals surface area contributed by atoms with E-state index in [1.54, 1.807) is 11.3 Å². The highest BCUT2D eigenvalue weighted by Gasteiger charge is 2.27. The molecule has 0 saturated carbocycles. The zero-order chi connectivity index (χ0) is 14.8. The van der Waals surface area contributed by atoms with Crippen LogP contribution < -0.4 is 4.90 Å². The fourth-order valence-corrected chi connectivity index (χ4v) is 3.53. The predicted octanol–water partition coefficient (Wildman–Crippen LogP) is 3.40. The van der Waals surface area contributed by atoms with E-state index in [0.29, 0.717) is 6.04 Å². The average Bonchev–Trinajstić information content (AvgIpc) is 2.93. The molecule has 0 amide bonds. The lowest BCUT2D eigenvalue weighted by Crippen LogP contribution is -2.48.